The Morgan fingerprint density at radius 2 is 2.00 bits per heavy atom. The van der Waals surface area contributed by atoms with E-state index in [4.69, 9.17) is 5.11 Å². The highest BCUT2D eigenvalue weighted by atomic mass is 79.9. The number of halogens is 1. The quantitative estimate of drug-likeness (QED) is 0.898. The maximum Gasteiger partial charge on any atom is 0.305 e. The summed E-state index contributed by atoms with van der Waals surface area (Å²) in [6.45, 7) is 5.26. The van der Waals surface area contributed by atoms with Gasteiger partial charge in [-0.2, -0.15) is 0 Å². The molecule has 4 nitrogen and oxygen atoms in total. The standard InChI is InChI=1S/C13H16BrNO3/c1-8-5-4-6-9(11(8)14)12(18)15-13(2,3)7-10(16)17/h4-6H,7H2,1-3H3,(H,15,18)(H,16,17). The SMILES string of the molecule is Cc1cccc(C(=O)NC(C)(C)CC(=O)O)c1Br. The lowest BCUT2D eigenvalue weighted by Gasteiger charge is -2.24. The zero-order valence-corrected chi connectivity index (χ0v) is 12.2. The number of aryl methyl sites for hydroxylation is 1. The van der Waals surface area contributed by atoms with Crippen LogP contribution in [-0.4, -0.2) is 22.5 Å². The van der Waals surface area contributed by atoms with Crippen LogP contribution in [0.3, 0.4) is 0 Å². The molecule has 0 spiro atoms. The van der Waals surface area contributed by atoms with Gasteiger partial charge >= 0.3 is 5.97 Å². The van der Waals surface area contributed by atoms with Gasteiger partial charge in [-0.25, -0.2) is 0 Å². The Morgan fingerprint density at radius 1 is 1.39 bits per heavy atom. The molecule has 5 heteroatoms. The van der Waals surface area contributed by atoms with Crippen LogP contribution >= 0.6 is 15.9 Å². The van der Waals surface area contributed by atoms with Crippen molar-refractivity contribution < 1.29 is 14.7 Å². The first-order valence-corrected chi connectivity index (χ1v) is 6.31. The van der Waals surface area contributed by atoms with Crippen LogP contribution in [0.2, 0.25) is 0 Å². The molecule has 0 heterocycles. The minimum absolute atomic E-state index is 0.123. The maximum absolute atomic E-state index is 12.1. The molecule has 0 fully saturated rings. The summed E-state index contributed by atoms with van der Waals surface area (Å²) in [5.74, 6) is -1.22. The zero-order valence-electron chi connectivity index (χ0n) is 10.6. The molecular formula is C13H16BrNO3. The van der Waals surface area contributed by atoms with Gasteiger partial charge in [-0.3, -0.25) is 9.59 Å². The Balaban J connectivity index is 2.89. The lowest BCUT2D eigenvalue weighted by atomic mass is 10.00. The molecule has 0 radical (unpaired) electrons. The maximum atomic E-state index is 12.1. The van der Waals surface area contributed by atoms with Crippen molar-refractivity contribution in [1.82, 2.24) is 5.32 Å². The van der Waals surface area contributed by atoms with Gasteiger partial charge in [0.25, 0.3) is 5.91 Å². The van der Waals surface area contributed by atoms with E-state index in [1.165, 1.54) is 0 Å². The fourth-order valence-electron chi connectivity index (χ4n) is 1.62. The smallest absolute Gasteiger partial charge is 0.305 e. The number of carboxylic acids is 1. The molecule has 1 aromatic rings. The lowest BCUT2D eigenvalue weighted by molar-refractivity contribution is -0.138. The van der Waals surface area contributed by atoms with Crippen molar-refractivity contribution in [2.24, 2.45) is 0 Å². The molecule has 1 aromatic carbocycles. The Labute approximate surface area is 115 Å². The highest BCUT2D eigenvalue weighted by Crippen LogP contribution is 2.22. The first kappa shape index (κ1) is 14.7. The molecule has 0 saturated carbocycles. The van der Waals surface area contributed by atoms with Crippen molar-refractivity contribution in [1.29, 1.82) is 0 Å². The van der Waals surface area contributed by atoms with Gasteiger partial charge in [0.15, 0.2) is 0 Å². The second-order valence-corrected chi connectivity index (χ2v) is 5.64. The van der Waals surface area contributed by atoms with Crippen LogP contribution in [0.1, 0.15) is 36.2 Å². The number of rotatable bonds is 4. The third kappa shape index (κ3) is 3.84. The summed E-state index contributed by atoms with van der Waals surface area (Å²) in [5.41, 5.74) is 0.679. The minimum atomic E-state index is -0.941. The summed E-state index contributed by atoms with van der Waals surface area (Å²) in [5, 5.41) is 11.5. The fraction of sp³-hybridized carbons (Fsp3) is 0.385. The molecular weight excluding hydrogens is 298 g/mol. The molecule has 0 aliphatic rings. The summed E-state index contributed by atoms with van der Waals surface area (Å²) >= 11 is 3.36. The van der Waals surface area contributed by atoms with Crippen molar-refractivity contribution in [2.45, 2.75) is 32.7 Å². The average molecular weight is 314 g/mol. The number of hydrogen-bond acceptors (Lipinski definition) is 2. The van der Waals surface area contributed by atoms with E-state index in [0.717, 1.165) is 10.0 Å². The van der Waals surface area contributed by atoms with E-state index in [-0.39, 0.29) is 12.3 Å². The van der Waals surface area contributed by atoms with Gasteiger partial charge in [-0.05, 0) is 48.3 Å². The van der Waals surface area contributed by atoms with Crippen LogP contribution in [0.4, 0.5) is 0 Å². The van der Waals surface area contributed by atoms with Gasteiger partial charge in [0.2, 0.25) is 0 Å². The van der Waals surface area contributed by atoms with Crippen molar-refractivity contribution in [3.63, 3.8) is 0 Å². The molecule has 0 aliphatic carbocycles. The number of nitrogens with one attached hydrogen (secondary N) is 1. The highest BCUT2D eigenvalue weighted by Gasteiger charge is 2.25. The molecule has 0 aromatic heterocycles. The van der Waals surface area contributed by atoms with Crippen LogP contribution in [0.15, 0.2) is 22.7 Å². The van der Waals surface area contributed by atoms with Crippen molar-refractivity contribution in [3.05, 3.63) is 33.8 Å². The van der Waals surface area contributed by atoms with E-state index in [1.54, 1.807) is 26.0 Å². The van der Waals surface area contributed by atoms with Gasteiger partial charge in [-0.1, -0.05) is 12.1 Å². The summed E-state index contributed by atoms with van der Waals surface area (Å²) < 4.78 is 0.730. The molecule has 98 valence electrons. The summed E-state index contributed by atoms with van der Waals surface area (Å²) in [6, 6.07) is 5.38. The highest BCUT2D eigenvalue weighted by molar-refractivity contribution is 9.10. The van der Waals surface area contributed by atoms with E-state index in [9.17, 15) is 9.59 Å². The molecule has 0 aliphatic heterocycles. The van der Waals surface area contributed by atoms with Gasteiger partial charge in [-0.15, -0.1) is 0 Å². The molecule has 0 bridgehead atoms. The van der Waals surface area contributed by atoms with E-state index < -0.39 is 11.5 Å². The predicted molar refractivity (Wildman–Crippen MR) is 72.7 cm³/mol. The largest absolute Gasteiger partial charge is 0.481 e. The summed E-state index contributed by atoms with van der Waals surface area (Å²) in [7, 11) is 0. The fourth-order valence-corrected chi connectivity index (χ4v) is 2.06. The van der Waals surface area contributed by atoms with Crippen LogP contribution in [-0.2, 0) is 4.79 Å². The van der Waals surface area contributed by atoms with Crippen LogP contribution in [0, 0.1) is 6.92 Å². The Bertz CT molecular complexity index is 483. The topological polar surface area (TPSA) is 66.4 Å². The van der Waals surface area contributed by atoms with E-state index in [0.29, 0.717) is 5.56 Å². The monoisotopic (exact) mass is 313 g/mol. The normalized spacial score (nSPS) is 11.1. The van der Waals surface area contributed by atoms with Crippen LogP contribution in [0.25, 0.3) is 0 Å². The average Bonchev–Trinajstić information content (AvgIpc) is 2.18. The summed E-state index contributed by atoms with van der Waals surface area (Å²) in [6.07, 6.45) is -0.123. The Kier molecular flexibility index (Phi) is 4.51. The Hall–Kier alpha value is -1.36. The van der Waals surface area contributed by atoms with E-state index in [2.05, 4.69) is 21.2 Å². The van der Waals surface area contributed by atoms with Crippen LogP contribution < -0.4 is 5.32 Å². The lowest BCUT2D eigenvalue weighted by Crippen LogP contribution is -2.45. The third-order valence-electron chi connectivity index (χ3n) is 2.48. The number of hydrogen-bond donors (Lipinski definition) is 2. The number of carbonyl (C=O) groups excluding carboxylic acids is 1. The summed E-state index contributed by atoms with van der Waals surface area (Å²) in [4.78, 5) is 22.8. The number of benzene rings is 1. The number of amides is 1. The molecule has 1 rings (SSSR count). The van der Waals surface area contributed by atoms with Crippen molar-refractivity contribution in [3.8, 4) is 0 Å². The zero-order chi connectivity index (χ0) is 13.9. The first-order chi connectivity index (χ1) is 8.23. The predicted octanol–water partition coefficient (Wildman–Crippen LogP) is 2.74. The van der Waals surface area contributed by atoms with Crippen molar-refractivity contribution in [2.75, 3.05) is 0 Å². The molecule has 0 unspecified atom stereocenters. The first-order valence-electron chi connectivity index (χ1n) is 5.52. The van der Waals surface area contributed by atoms with Gasteiger partial charge in [0, 0.05) is 10.0 Å². The van der Waals surface area contributed by atoms with Gasteiger partial charge in [0.05, 0.1) is 12.0 Å². The Morgan fingerprint density at radius 3 is 2.56 bits per heavy atom. The minimum Gasteiger partial charge on any atom is -0.481 e. The number of aliphatic carboxylic acids is 1. The number of carbonyl (C=O) groups is 2. The van der Waals surface area contributed by atoms with E-state index in [1.807, 2.05) is 13.0 Å². The molecule has 1 amide bonds. The van der Waals surface area contributed by atoms with E-state index >= 15 is 0 Å². The second kappa shape index (κ2) is 5.52. The van der Waals surface area contributed by atoms with Gasteiger partial charge < -0.3 is 10.4 Å². The van der Waals surface area contributed by atoms with Crippen molar-refractivity contribution >= 4 is 27.8 Å². The number of carboxylic acid groups (broad SMARTS) is 1. The molecule has 0 saturated heterocycles. The molecule has 0 atom stereocenters. The van der Waals surface area contributed by atoms with Crippen LogP contribution in [0.5, 0.6) is 0 Å². The van der Waals surface area contributed by atoms with Gasteiger partial charge in [0.1, 0.15) is 0 Å². The molecule has 2 N–H and O–H groups in total. The third-order valence-corrected chi connectivity index (χ3v) is 3.53. The molecule has 18 heavy (non-hydrogen) atoms. The second-order valence-electron chi connectivity index (χ2n) is 4.84.